The highest BCUT2D eigenvalue weighted by Gasteiger charge is 2.54. The Morgan fingerprint density at radius 2 is 1.46 bits per heavy atom. The van der Waals surface area contributed by atoms with Gasteiger partial charge in [0.1, 0.15) is 0 Å². The lowest BCUT2D eigenvalue weighted by Gasteiger charge is -2.46. The molecule has 0 bridgehead atoms. The van der Waals surface area contributed by atoms with Crippen molar-refractivity contribution in [2.75, 3.05) is 68.8 Å². The largest absolute Gasteiger partial charge is 0.518 e. The molecule has 0 aromatic carbocycles. The summed E-state index contributed by atoms with van der Waals surface area (Å²) in [6, 6.07) is 0.808. The van der Waals surface area contributed by atoms with Crippen LogP contribution in [0.25, 0.3) is 0 Å². The molecule has 0 aliphatic carbocycles. The van der Waals surface area contributed by atoms with Crippen LogP contribution in [-0.2, 0) is 26.6 Å². The van der Waals surface area contributed by atoms with Gasteiger partial charge in [-0.15, -0.1) is 0 Å². The Kier molecular flexibility index (Phi) is 10.1. The highest BCUT2D eigenvalue weighted by atomic mass is 28.4. The summed E-state index contributed by atoms with van der Waals surface area (Å²) in [5, 5.41) is 3.46. The van der Waals surface area contributed by atoms with Crippen LogP contribution < -0.4 is 5.32 Å². The Morgan fingerprint density at radius 3 is 1.88 bits per heavy atom. The second-order valence-corrected chi connectivity index (χ2v) is 11.9. The fourth-order valence-corrected chi connectivity index (χ4v) is 7.33. The maximum Gasteiger partial charge on any atom is 0.518 e. The predicted octanol–water partition coefficient (Wildman–Crippen LogP) is 0.336. The lowest BCUT2D eigenvalue weighted by atomic mass is 10.2. The van der Waals surface area contributed by atoms with E-state index in [9.17, 15) is 0 Å². The van der Waals surface area contributed by atoms with Crippen LogP contribution in [0.3, 0.4) is 0 Å². The summed E-state index contributed by atoms with van der Waals surface area (Å²) >= 11 is 0. The van der Waals surface area contributed by atoms with E-state index in [1.165, 1.54) is 0 Å². The minimum Gasteiger partial charge on any atom is -0.377 e. The zero-order chi connectivity index (χ0) is 18.1. The summed E-state index contributed by atoms with van der Waals surface area (Å²) < 4.78 is 33.0. The molecule has 144 valence electrons. The summed E-state index contributed by atoms with van der Waals surface area (Å²) in [5.74, 6) is 0. The number of hydrogen-bond acceptors (Lipinski definition) is 8. The Balaban J connectivity index is 2.24. The number of nitrogens with one attached hydrogen (secondary N) is 1. The molecule has 1 fully saturated rings. The Morgan fingerprint density at radius 1 is 0.875 bits per heavy atom. The average Bonchev–Trinajstić information content (AvgIpc) is 2.61. The fraction of sp³-hybridized carbons (Fsp3) is 1.00. The minimum absolute atomic E-state index is 0.259. The first-order chi connectivity index (χ1) is 11.6. The van der Waals surface area contributed by atoms with Crippen molar-refractivity contribution in [2.24, 2.45) is 0 Å². The second-order valence-electron chi connectivity index (χ2n) is 5.71. The summed E-state index contributed by atoms with van der Waals surface area (Å²) in [4.78, 5) is 2.37. The number of nitrogens with zero attached hydrogens (tertiary/aromatic N) is 1. The van der Waals surface area contributed by atoms with Crippen molar-refractivity contribution in [1.82, 2.24) is 10.2 Å². The molecule has 1 aliphatic rings. The van der Waals surface area contributed by atoms with Gasteiger partial charge in [0.15, 0.2) is 0 Å². The van der Waals surface area contributed by atoms with E-state index in [-0.39, 0.29) is 5.67 Å². The smallest absolute Gasteiger partial charge is 0.377 e. The lowest BCUT2D eigenvalue weighted by molar-refractivity contribution is 0.0331. The highest BCUT2D eigenvalue weighted by molar-refractivity contribution is 6.62. The van der Waals surface area contributed by atoms with Gasteiger partial charge in [-0.1, -0.05) is 0 Å². The average molecular weight is 383 g/mol. The predicted molar refractivity (Wildman–Crippen MR) is 95.8 cm³/mol. The third kappa shape index (κ3) is 5.30. The Labute approximate surface area is 148 Å². The molecule has 0 saturated carbocycles. The molecule has 1 heterocycles. The second kappa shape index (κ2) is 11.0. The topological polar surface area (TPSA) is 70.7 Å². The molecule has 24 heavy (non-hydrogen) atoms. The van der Waals surface area contributed by atoms with Crippen LogP contribution >= 0.6 is 0 Å². The third-order valence-corrected chi connectivity index (χ3v) is 10.7. The van der Waals surface area contributed by atoms with Gasteiger partial charge in [0.25, 0.3) is 0 Å². The standard InChI is InChI=1S/C14H34N2O6Si2/c1-17-23(18-2,19-3)13-7-9-15-10-12-16-11-8-14(16)24(20-4,21-5)22-6/h14-15H,7-13H2,1-6H3. The third-order valence-electron chi connectivity index (χ3n) is 4.74. The molecule has 1 rings (SSSR count). The highest BCUT2D eigenvalue weighted by Crippen LogP contribution is 2.27. The van der Waals surface area contributed by atoms with Crippen LogP contribution in [0.1, 0.15) is 12.8 Å². The minimum atomic E-state index is -2.56. The van der Waals surface area contributed by atoms with Crippen LogP contribution in [-0.4, -0.2) is 97.0 Å². The van der Waals surface area contributed by atoms with Gasteiger partial charge in [0, 0.05) is 61.8 Å². The maximum atomic E-state index is 5.59. The molecule has 0 radical (unpaired) electrons. The number of hydrogen-bond donors (Lipinski definition) is 1. The fourth-order valence-electron chi connectivity index (χ4n) is 3.10. The van der Waals surface area contributed by atoms with E-state index in [0.29, 0.717) is 0 Å². The van der Waals surface area contributed by atoms with Crippen molar-refractivity contribution in [1.29, 1.82) is 0 Å². The maximum absolute atomic E-state index is 5.59. The van der Waals surface area contributed by atoms with E-state index < -0.39 is 17.6 Å². The van der Waals surface area contributed by atoms with Crippen molar-refractivity contribution in [3.8, 4) is 0 Å². The van der Waals surface area contributed by atoms with Gasteiger partial charge in [0.2, 0.25) is 0 Å². The molecule has 0 aromatic heterocycles. The van der Waals surface area contributed by atoms with Crippen molar-refractivity contribution < 1.29 is 26.6 Å². The van der Waals surface area contributed by atoms with Crippen molar-refractivity contribution >= 4 is 17.6 Å². The van der Waals surface area contributed by atoms with Crippen LogP contribution in [0.2, 0.25) is 6.04 Å². The molecular weight excluding hydrogens is 348 g/mol. The Hall–Kier alpha value is 0.114. The number of likely N-dealkylation sites (tertiary alicyclic amines) is 1. The first kappa shape index (κ1) is 22.2. The molecule has 1 atom stereocenters. The first-order valence-electron chi connectivity index (χ1n) is 8.32. The summed E-state index contributed by atoms with van der Waals surface area (Å²) in [5.41, 5.74) is 0.259. The van der Waals surface area contributed by atoms with E-state index in [2.05, 4.69) is 10.2 Å². The van der Waals surface area contributed by atoms with Gasteiger partial charge < -0.3 is 31.9 Å². The summed E-state index contributed by atoms with van der Waals surface area (Å²) in [6.07, 6.45) is 2.02. The summed E-state index contributed by atoms with van der Waals surface area (Å²) in [7, 11) is 4.96. The van der Waals surface area contributed by atoms with Crippen LogP contribution in [0.5, 0.6) is 0 Å². The molecule has 0 aromatic rings. The normalized spacial score (nSPS) is 19.5. The van der Waals surface area contributed by atoms with Crippen molar-refractivity contribution in [3.05, 3.63) is 0 Å². The Bertz CT molecular complexity index is 329. The van der Waals surface area contributed by atoms with Crippen LogP contribution in [0.4, 0.5) is 0 Å². The molecule has 8 nitrogen and oxygen atoms in total. The number of rotatable bonds is 14. The molecule has 0 amide bonds. The van der Waals surface area contributed by atoms with Gasteiger partial charge in [-0.25, -0.2) is 0 Å². The van der Waals surface area contributed by atoms with E-state index in [4.69, 9.17) is 26.6 Å². The zero-order valence-electron chi connectivity index (χ0n) is 15.9. The van der Waals surface area contributed by atoms with E-state index in [1.54, 1.807) is 42.7 Å². The molecule has 10 heteroatoms. The molecule has 1 N–H and O–H groups in total. The monoisotopic (exact) mass is 382 g/mol. The van der Waals surface area contributed by atoms with Crippen LogP contribution in [0, 0.1) is 0 Å². The van der Waals surface area contributed by atoms with E-state index in [0.717, 1.165) is 45.1 Å². The van der Waals surface area contributed by atoms with Crippen LogP contribution in [0.15, 0.2) is 0 Å². The molecule has 1 unspecified atom stereocenters. The first-order valence-corrected chi connectivity index (χ1v) is 12.1. The van der Waals surface area contributed by atoms with E-state index >= 15 is 0 Å². The van der Waals surface area contributed by atoms with Crippen molar-refractivity contribution in [2.45, 2.75) is 24.6 Å². The molecular formula is C14H34N2O6Si2. The van der Waals surface area contributed by atoms with Gasteiger partial charge in [0.05, 0.1) is 5.67 Å². The molecule has 0 spiro atoms. The SMILES string of the molecule is CO[Si](CCCNCCN1CCC1[Si](OC)(OC)OC)(OC)OC. The lowest BCUT2D eigenvalue weighted by Crippen LogP contribution is -2.68. The summed E-state index contributed by atoms with van der Waals surface area (Å²) in [6.45, 7) is 3.84. The quantitative estimate of drug-likeness (QED) is 0.341. The van der Waals surface area contributed by atoms with Gasteiger partial charge in [-0.2, -0.15) is 0 Å². The molecule has 1 aliphatic heterocycles. The molecule has 1 saturated heterocycles. The van der Waals surface area contributed by atoms with Gasteiger partial charge >= 0.3 is 17.6 Å². The van der Waals surface area contributed by atoms with Crippen molar-refractivity contribution in [3.63, 3.8) is 0 Å². The zero-order valence-corrected chi connectivity index (χ0v) is 17.9. The van der Waals surface area contributed by atoms with E-state index in [1.807, 2.05) is 0 Å². The van der Waals surface area contributed by atoms with Gasteiger partial charge in [-0.05, 0) is 25.9 Å². The van der Waals surface area contributed by atoms with Gasteiger partial charge in [-0.3, -0.25) is 4.90 Å².